The van der Waals surface area contributed by atoms with Gasteiger partial charge in [-0.15, -0.1) is 0 Å². The molecule has 3 aromatic carbocycles. The van der Waals surface area contributed by atoms with Crippen molar-refractivity contribution in [2.24, 2.45) is 0 Å². The molecular formula is C28H30N6O4. The number of nitrogens with one attached hydrogen (secondary N) is 3. The second-order valence-electron chi connectivity index (χ2n) is 8.77. The molecule has 0 bridgehead atoms. The summed E-state index contributed by atoms with van der Waals surface area (Å²) in [6.07, 6.45) is 1.20. The number of carbonyl (C=O) groups excluding carboxylic acids is 1. The van der Waals surface area contributed by atoms with Gasteiger partial charge in [0.25, 0.3) is 5.91 Å². The average Bonchev–Trinajstić information content (AvgIpc) is 2.91. The Hall–Kier alpha value is -4.86. The summed E-state index contributed by atoms with van der Waals surface area (Å²) in [6, 6.07) is 16.2. The van der Waals surface area contributed by atoms with Gasteiger partial charge in [-0.2, -0.15) is 0 Å². The number of amides is 1. The quantitative estimate of drug-likeness (QED) is 0.178. The topological polar surface area (TPSA) is 144 Å². The van der Waals surface area contributed by atoms with Crippen molar-refractivity contribution in [3.8, 4) is 28.6 Å². The number of fused-ring (bicyclic) bond motifs is 1. The number of nitrogens with zero attached hydrogens (tertiary/aromatic N) is 2. The Morgan fingerprint density at radius 3 is 2.53 bits per heavy atom. The average molecular weight is 515 g/mol. The maximum Gasteiger partial charge on any atom is 0.258 e. The molecule has 0 aliphatic rings. The van der Waals surface area contributed by atoms with Gasteiger partial charge in [-0.05, 0) is 50.2 Å². The fraction of sp³-hybridized carbons (Fsp3) is 0.214. The van der Waals surface area contributed by atoms with Crippen LogP contribution in [0.25, 0.3) is 22.3 Å². The highest BCUT2D eigenvalue weighted by molar-refractivity contribution is 5.95. The molecule has 0 atom stereocenters. The van der Waals surface area contributed by atoms with E-state index in [1.807, 2.05) is 38.1 Å². The predicted octanol–water partition coefficient (Wildman–Crippen LogP) is 4.54. The number of nitrogens with two attached hydrogens (primary N) is 1. The van der Waals surface area contributed by atoms with E-state index in [9.17, 15) is 4.79 Å². The van der Waals surface area contributed by atoms with Gasteiger partial charge in [0.1, 0.15) is 11.6 Å². The summed E-state index contributed by atoms with van der Waals surface area (Å²) < 4.78 is 16.7. The Balaban J connectivity index is 1.77. The molecular weight excluding hydrogens is 484 g/mol. The fourth-order valence-electron chi connectivity index (χ4n) is 3.83. The van der Waals surface area contributed by atoms with E-state index in [2.05, 4.69) is 10.6 Å². The smallest absolute Gasteiger partial charge is 0.258 e. The van der Waals surface area contributed by atoms with Crippen LogP contribution in [0.2, 0.25) is 0 Å². The molecule has 38 heavy (non-hydrogen) atoms. The number of hydrogen-bond donors (Lipinski definition) is 4. The number of nitrogen functional groups attached to an aromatic ring is 1. The van der Waals surface area contributed by atoms with Crippen molar-refractivity contribution < 1.29 is 19.0 Å². The van der Waals surface area contributed by atoms with Gasteiger partial charge in [0, 0.05) is 46.2 Å². The van der Waals surface area contributed by atoms with Gasteiger partial charge in [0.2, 0.25) is 0 Å². The lowest BCUT2D eigenvalue weighted by Crippen LogP contribution is -2.34. The molecule has 0 aliphatic carbocycles. The first-order valence-electron chi connectivity index (χ1n) is 11.9. The number of rotatable bonds is 10. The van der Waals surface area contributed by atoms with Crippen LogP contribution in [0.4, 0.5) is 17.2 Å². The molecule has 0 unspecified atom stereocenters. The van der Waals surface area contributed by atoms with Gasteiger partial charge in [0.15, 0.2) is 23.9 Å². The van der Waals surface area contributed by atoms with Crippen LogP contribution in [-0.4, -0.2) is 49.0 Å². The van der Waals surface area contributed by atoms with Crippen molar-refractivity contribution in [2.45, 2.75) is 19.9 Å². The standard InChI is InChI=1S/C28H30N6O4/c1-16(2)31-26(35)15-38-20-7-5-6-17(11-20)27-33-23-13-25(37-4)24(36-3)12-21(23)28(34-27)32-19-8-9-22(30)18(10-19)14-29/h5-14,16,29H,15,30H2,1-4H3,(H,31,35)(H,32,33,34). The van der Waals surface area contributed by atoms with Crippen molar-refractivity contribution in [1.82, 2.24) is 15.3 Å². The van der Waals surface area contributed by atoms with E-state index in [-0.39, 0.29) is 18.6 Å². The zero-order valence-electron chi connectivity index (χ0n) is 21.7. The minimum absolute atomic E-state index is 0.0288. The summed E-state index contributed by atoms with van der Waals surface area (Å²) in [4.78, 5) is 21.6. The number of hydrogen-bond acceptors (Lipinski definition) is 9. The highest BCUT2D eigenvalue weighted by Gasteiger charge is 2.16. The Kier molecular flexibility index (Phi) is 7.91. The van der Waals surface area contributed by atoms with E-state index in [0.717, 1.165) is 0 Å². The van der Waals surface area contributed by atoms with Crippen LogP contribution < -0.4 is 30.6 Å². The molecule has 196 valence electrons. The van der Waals surface area contributed by atoms with E-state index in [4.69, 9.17) is 35.3 Å². The summed E-state index contributed by atoms with van der Waals surface area (Å²) in [7, 11) is 3.13. The summed E-state index contributed by atoms with van der Waals surface area (Å²) in [5, 5.41) is 14.5. The van der Waals surface area contributed by atoms with Gasteiger partial charge >= 0.3 is 0 Å². The zero-order chi connectivity index (χ0) is 27.2. The maximum absolute atomic E-state index is 12.0. The Morgan fingerprint density at radius 2 is 1.82 bits per heavy atom. The Bertz CT molecular complexity index is 1490. The molecule has 0 spiro atoms. The molecule has 0 saturated carbocycles. The van der Waals surface area contributed by atoms with Gasteiger partial charge in [-0.3, -0.25) is 4.79 Å². The first-order valence-corrected chi connectivity index (χ1v) is 11.9. The molecule has 1 aromatic heterocycles. The first-order chi connectivity index (χ1) is 18.3. The van der Waals surface area contributed by atoms with Gasteiger partial charge in [0.05, 0.1) is 19.7 Å². The van der Waals surface area contributed by atoms with Crippen molar-refractivity contribution >= 4 is 40.2 Å². The van der Waals surface area contributed by atoms with Crippen LogP contribution in [-0.2, 0) is 4.79 Å². The molecule has 1 heterocycles. The maximum atomic E-state index is 12.0. The number of methoxy groups -OCH3 is 2. The molecule has 4 rings (SSSR count). The first kappa shape index (κ1) is 26.2. The van der Waals surface area contributed by atoms with Gasteiger partial charge < -0.3 is 36.0 Å². The van der Waals surface area contributed by atoms with Crippen LogP contribution in [0.3, 0.4) is 0 Å². The van der Waals surface area contributed by atoms with Crippen molar-refractivity contribution in [3.05, 3.63) is 60.2 Å². The largest absolute Gasteiger partial charge is 0.493 e. The number of aromatic nitrogens is 2. The van der Waals surface area contributed by atoms with Crippen LogP contribution >= 0.6 is 0 Å². The Labute approximate surface area is 220 Å². The molecule has 4 aromatic rings. The third-order valence-corrected chi connectivity index (χ3v) is 5.62. The minimum Gasteiger partial charge on any atom is -0.493 e. The van der Waals surface area contributed by atoms with E-state index in [1.165, 1.54) is 6.21 Å². The van der Waals surface area contributed by atoms with Crippen molar-refractivity contribution in [2.75, 3.05) is 31.9 Å². The van der Waals surface area contributed by atoms with E-state index in [0.29, 0.717) is 62.3 Å². The van der Waals surface area contributed by atoms with Crippen molar-refractivity contribution in [1.29, 1.82) is 5.41 Å². The highest BCUT2D eigenvalue weighted by atomic mass is 16.5. The molecule has 0 radical (unpaired) electrons. The molecule has 0 aliphatic heterocycles. The lowest BCUT2D eigenvalue weighted by Gasteiger charge is -2.15. The lowest BCUT2D eigenvalue weighted by atomic mass is 10.1. The SMILES string of the molecule is COc1cc2nc(-c3cccc(OCC(=O)NC(C)C)c3)nc(Nc3ccc(N)c(C=N)c3)c2cc1OC. The third kappa shape index (κ3) is 5.92. The van der Waals surface area contributed by atoms with E-state index >= 15 is 0 Å². The second kappa shape index (κ2) is 11.5. The summed E-state index contributed by atoms with van der Waals surface area (Å²) >= 11 is 0. The predicted molar refractivity (Wildman–Crippen MR) is 149 cm³/mol. The van der Waals surface area contributed by atoms with Crippen LogP contribution in [0.15, 0.2) is 54.6 Å². The number of ether oxygens (including phenoxy) is 3. The second-order valence-corrected chi connectivity index (χ2v) is 8.77. The van der Waals surface area contributed by atoms with Crippen molar-refractivity contribution in [3.63, 3.8) is 0 Å². The lowest BCUT2D eigenvalue weighted by molar-refractivity contribution is -0.123. The molecule has 1 amide bonds. The minimum atomic E-state index is -0.201. The zero-order valence-corrected chi connectivity index (χ0v) is 21.7. The summed E-state index contributed by atoms with van der Waals surface area (Å²) in [6.45, 7) is 3.68. The molecule has 5 N–H and O–H groups in total. The normalized spacial score (nSPS) is 10.8. The molecule has 10 heteroatoms. The van der Waals surface area contributed by atoms with Gasteiger partial charge in [-0.1, -0.05) is 12.1 Å². The molecule has 0 fully saturated rings. The Morgan fingerprint density at radius 1 is 1.05 bits per heavy atom. The van der Waals surface area contributed by atoms with E-state index < -0.39 is 0 Å². The third-order valence-electron chi connectivity index (χ3n) is 5.62. The highest BCUT2D eigenvalue weighted by Crippen LogP contribution is 2.36. The monoisotopic (exact) mass is 514 g/mol. The van der Waals surface area contributed by atoms with Crippen LogP contribution in [0.5, 0.6) is 17.2 Å². The van der Waals surface area contributed by atoms with E-state index in [1.54, 1.807) is 44.6 Å². The number of benzene rings is 3. The van der Waals surface area contributed by atoms with Crippen LogP contribution in [0, 0.1) is 5.41 Å². The summed E-state index contributed by atoms with van der Waals surface area (Å²) in [5.41, 5.74) is 9.07. The fourth-order valence-corrected chi connectivity index (χ4v) is 3.83. The van der Waals surface area contributed by atoms with Gasteiger partial charge in [-0.25, -0.2) is 9.97 Å². The summed E-state index contributed by atoms with van der Waals surface area (Å²) in [5.74, 6) is 2.34. The molecule has 0 saturated heterocycles. The van der Waals surface area contributed by atoms with Crippen LogP contribution in [0.1, 0.15) is 19.4 Å². The molecule has 10 nitrogen and oxygen atoms in total. The number of anilines is 3. The number of carbonyl (C=O) groups is 1.